The molecule has 0 saturated heterocycles. The van der Waals surface area contributed by atoms with Gasteiger partial charge in [-0.15, -0.1) is 0 Å². The molecular weight excluding hydrogens is 375 g/mol. The number of Topliss-reactive ketones (excluding diaryl/α,β-unsaturated/α-hetero) is 1. The lowest BCUT2D eigenvalue weighted by Gasteiger charge is -2.14. The number of hydrogen-bond donors (Lipinski definition) is 0. The number of hydrogen-bond acceptors (Lipinski definition) is 8. The molecule has 9 heteroatoms. The van der Waals surface area contributed by atoms with Crippen LogP contribution in [0.3, 0.4) is 0 Å². The number of benzene rings is 1. The van der Waals surface area contributed by atoms with Gasteiger partial charge in [0.25, 0.3) is 0 Å². The summed E-state index contributed by atoms with van der Waals surface area (Å²) in [6.07, 6.45) is 1.44. The zero-order valence-electron chi connectivity index (χ0n) is 15.5. The first-order valence-electron chi connectivity index (χ1n) is 8.21. The minimum absolute atomic E-state index is 0.107. The Morgan fingerprint density at radius 1 is 1.22 bits per heavy atom. The highest BCUT2D eigenvalue weighted by atomic mass is 31.2. The van der Waals surface area contributed by atoms with Gasteiger partial charge in [0, 0.05) is 11.6 Å². The molecule has 0 saturated carbocycles. The predicted octanol–water partition coefficient (Wildman–Crippen LogP) is 2.56. The lowest BCUT2D eigenvalue weighted by atomic mass is 9.98. The Hall–Kier alpha value is -2.28. The summed E-state index contributed by atoms with van der Waals surface area (Å²) in [6, 6.07) is 3.02. The summed E-state index contributed by atoms with van der Waals surface area (Å²) in [7, 11) is -1.30. The van der Waals surface area contributed by atoms with Crippen molar-refractivity contribution in [2.45, 2.75) is 26.4 Å². The van der Waals surface area contributed by atoms with Gasteiger partial charge >= 0.3 is 19.5 Å². The van der Waals surface area contributed by atoms with Crippen molar-refractivity contribution in [2.24, 2.45) is 0 Å². The molecule has 1 aromatic rings. The summed E-state index contributed by atoms with van der Waals surface area (Å²) in [4.78, 5) is 35.1. The summed E-state index contributed by atoms with van der Waals surface area (Å²) >= 11 is 0. The van der Waals surface area contributed by atoms with Crippen LogP contribution >= 0.6 is 7.60 Å². The number of fused-ring (bicyclic) bond motifs is 1. The van der Waals surface area contributed by atoms with Crippen LogP contribution in [0.15, 0.2) is 18.2 Å². The van der Waals surface area contributed by atoms with Gasteiger partial charge in [-0.05, 0) is 43.2 Å². The van der Waals surface area contributed by atoms with E-state index in [4.69, 9.17) is 9.05 Å². The Kier molecular flexibility index (Phi) is 6.70. The van der Waals surface area contributed by atoms with Gasteiger partial charge in [0.15, 0.2) is 5.78 Å². The first-order chi connectivity index (χ1) is 12.8. The van der Waals surface area contributed by atoms with Crippen LogP contribution in [-0.2, 0) is 32.7 Å². The fraction of sp³-hybridized carbons (Fsp3) is 0.389. The molecule has 0 bridgehead atoms. The number of ketones is 1. The topological polar surface area (TPSA) is 105 Å². The Morgan fingerprint density at radius 3 is 2.48 bits per heavy atom. The third-order valence-electron chi connectivity index (χ3n) is 3.94. The molecule has 0 aliphatic carbocycles. The molecule has 0 N–H and O–H groups in total. The fourth-order valence-corrected chi connectivity index (χ4v) is 4.86. The van der Waals surface area contributed by atoms with Crippen molar-refractivity contribution in [3.8, 4) is 0 Å². The van der Waals surface area contributed by atoms with E-state index in [1.54, 1.807) is 6.92 Å². The highest BCUT2D eigenvalue weighted by Crippen LogP contribution is 2.59. The summed E-state index contributed by atoms with van der Waals surface area (Å²) < 4.78 is 33.5. The van der Waals surface area contributed by atoms with Crippen molar-refractivity contribution in [3.63, 3.8) is 0 Å². The van der Waals surface area contributed by atoms with E-state index in [1.807, 2.05) is 0 Å². The van der Waals surface area contributed by atoms with E-state index in [9.17, 15) is 18.9 Å². The largest absolute Gasteiger partial charge is 0.469 e. The molecule has 0 amide bonds. The van der Waals surface area contributed by atoms with Crippen LogP contribution < -0.4 is 5.30 Å². The maximum Gasteiger partial charge on any atom is 0.362 e. The quantitative estimate of drug-likeness (QED) is 0.300. The molecule has 1 heterocycles. The number of carbonyl (C=O) groups excluding carboxylic acids is 3. The van der Waals surface area contributed by atoms with Crippen LogP contribution in [0, 0.1) is 0 Å². The van der Waals surface area contributed by atoms with Gasteiger partial charge in [0.1, 0.15) is 6.10 Å². The lowest BCUT2D eigenvalue weighted by molar-refractivity contribution is -0.142. The summed E-state index contributed by atoms with van der Waals surface area (Å²) in [5.74, 6) is -1.41. The molecule has 1 aliphatic heterocycles. The van der Waals surface area contributed by atoms with Crippen LogP contribution in [0.25, 0.3) is 6.08 Å². The van der Waals surface area contributed by atoms with Crippen LogP contribution in [0.5, 0.6) is 0 Å². The monoisotopic (exact) mass is 396 g/mol. The molecule has 2 rings (SSSR count). The van der Waals surface area contributed by atoms with Gasteiger partial charge in [0.2, 0.25) is 0 Å². The Morgan fingerprint density at radius 2 is 1.93 bits per heavy atom. The standard InChI is InChI=1S/C18H21O8P/c1-5-25-27(22)18-12(6-7-16(20)23-3)8-13(11(2)19)9-14(18)15(26-27)10-17(21)24-4/h6-9,15H,5,10H2,1-4H3/b7-6+/t15-,27?/m0/s1. The molecule has 146 valence electrons. The second-order valence-electron chi connectivity index (χ2n) is 5.71. The molecule has 0 radical (unpaired) electrons. The third kappa shape index (κ3) is 4.53. The average Bonchev–Trinajstić information content (AvgIpc) is 2.91. The fourth-order valence-electron chi connectivity index (χ4n) is 2.72. The van der Waals surface area contributed by atoms with Crippen molar-refractivity contribution < 1.29 is 37.5 Å². The molecule has 8 nitrogen and oxygen atoms in total. The third-order valence-corrected chi connectivity index (χ3v) is 6.14. The zero-order chi connectivity index (χ0) is 20.2. The Labute approximate surface area is 157 Å². The van der Waals surface area contributed by atoms with E-state index in [-0.39, 0.29) is 24.1 Å². The number of esters is 2. The number of carbonyl (C=O) groups is 3. The Balaban J connectivity index is 2.68. The first-order valence-corrected chi connectivity index (χ1v) is 9.75. The van der Waals surface area contributed by atoms with E-state index < -0.39 is 25.6 Å². The molecule has 27 heavy (non-hydrogen) atoms. The first kappa shape index (κ1) is 21.0. The van der Waals surface area contributed by atoms with Crippen molar-refractivity contribution >= 4 is 36.7 Å². The van der Waals surface area contributed by atoms with Gasteiger partial charge in [0.05, 0.1) is 32.6 Å². The molecule has 1 unspecified atom stereocenters. The van der Waals surface area contributed by atoms with E-state index in [0.717, 1.165) is 6.08 Å². The maximum absolute atomic E-state index is 13.3. The molecular formula is C18H21O8P. The highest BCUT2D eigenvalue weighted by molar-refractivity contribution is 7.62. The second-order valence-corrected chi connectivity index (χ2v) is 7.62. The minimum Gasteiger partial charge on any atom is -0.469 e. The highest BCUT2D eigenvalue weighted by Gasteiger charge is 2.45. The molecule has 0 aromatic heterocycles. The lowest BCUT2D eigenvalue weighted by Crippen LogP contribution is -2.14. The summed E-state index contributed by atoms with van der Waals surface area (Å²) in [5, 5.41) is 0.225. The van der Waals surface area contributed by atoms with E-state index >= 15 is 0 Å². The predicted molar refractivity (Wildman–Crippen MR) is 96.8 cm³/mol. The normalized spacial score (nSPS) is 21.1. The van der Waals surface area contributed by atoms with Crippen LogP contribution in [0.2, 0.25) is 0 Å². The van der Waals surface area contributed by atoms with Gasteiger partial charge in [-0.1, -0.05) is 0 Å². The van der Waals surface area contributed by atoms with Crippen molar-refractivity contribution in [1.82, 2.24) is 0 Å². The molecule has 2 atom stereocenters. The van der Waals surface area contributed by atoms with Crippen LogP contribution in [-0.4, -0.2) is 38.5 Å². The number of methoxy groups -OCH3 is 2. The zero-order valence-corrected chi connectivity index (χ0v) is 16.4. The molecule has 0 fully saturated rings. The van der Waals surface area contributed by atoms with Gasteiger partial charge in [-0.3, -0.25) is 18.7 Å². The van der Waals surface area contributed by atoms with Crippen molar-refractivity contribution in [1.29, 1.82) is 0 Å². The second kappa shape index (κ2) is 8.61. The van der Waals surface area contributed by atoms with Gasteiger partial charge in [-0.2, -0.15) is 0 Å². The smallest absolute Gasteiger partial charge is 0.362 e. The van der Waals surface area contributed by atoms with Crippen molar-refractivity contribution in [3.05, 3.63) is 34.9 Å². The van der Waals surface area contributed by atoms with Crippen molar-refractivity contribution in [2.75, 3.05) is 20.8 Å². The summed E-state index contributed by atoms with van der Waals surface area (Å²) in [6.45, 7) is 3.14. The average molecular weight is 396 g/mol. The Bertz CT molecular complexity index is 842. The van der Waals surface area contributed by atoms with Crippen LogP contribution in [0.4, 0.5) is 0 Å². The number of rotatable bonds is 7. The SMILES string of the molecule is CCOP1(=O)O[C@@H](CC(=O)OC)c2cc(C(C)=O)cc(/C=C/C(=O)OC)c21. The minimum atomic E-state index is -3.76. The molecule has 1 aromatic carbocycles. The number of ether oxygens (including phenoxy) is 2. The van der Waals surface area contributed by atoms with Gasteiger partial charge in [-0.25, -0.2) is 4.79 Å². The van der Waals surface area contributed by atoms with Crippen LogP contribution in [0.1, 0.15) is 47.9 Å². The van der Waals surface area contributed by atoms with E-state index in [0.29, 0.717) is 16.7 Å². The van der Waals surface area contributed by atoms with E-state index in [2.05, 4.69) is 9.47 Å². The summed E-state index contributed by atoms with van der Waals surface area (Å²) in [5.41, 5.74) is 1.04. The molecule has 0 spiro atoms. The molecule has 1 aliphatic rings. The maximum atomic E-state index is 13.3. The van der Waals surface area contributed by atoms with E-state index in [1.165, 1.54) is 39.4 Å². The van der Waals surface area contributed by atoms with Gasteiger partial charge < -0.3 is 14.0 Å².